The minimum absolute atomic E-state index is 0.129. The molecule has 5 heteroatoms. The van der Waals surface area contributed by atoms with Crippen molar-refractivity contribution < 1.29 is 9.26 Å². The summed E-state index contributed by atoms with van der Waals surface area (Å²) in [6.07, 6.45) is 5.11. The molecule has 0 aromatic carbocycles. The van der Waals surface area contributed by atoms with Crippen molar-refractivity contribution in [3.8, 4) is 0 Å². The van der Waals surface area contributed by atoms with Crippen molar-refractivity contribution in [2.75, 3.05) is 6.61 Å². The van der Waals surface area contributed by atoms with Gasteiger partial charge in [-0.3, -0.25) is 0 Å². The fourth-order valence-corrected chi connectivity index (χ4v) is 1.94. The standard InChI is InChI=1S/C11H19N3O2/c1-2-4-9(12)11-13-10(14-16-11)7-8-5-3-6-15-8/h8-9H,2-7,12H2,1H3/t8?,9-/m1/s1. The molecule has 90 valence electrons. The lowest BCUT2D eigenvalue weighted by Gasteiger charge is -2.04. The molecule has 0 saturated carbocycles. The van der Waals surface area contributed by atoms with Gasteiger partial charge in [0.1, 0.15) is 0 Å². The van der Waals surface area contributed by atoms with Gasteiger partial charge < -0.3 is 15.0 Å². The van der Waals surface area contributed by atoms with Gasteiger partial charge in [0, 0.05) is 13.0 Å². The highest BCUT2D eigenvalue weighted by molar-refractivity contribution is 4.93. The lowest BCUT2D eigenvalue weighted by atomic mass is 10.1. The molecule has 1 aliphatic heterocycles. The van der Waals surface area contributed by atoms with Gasteiger partial charge in [-0.1, -0.05) is 18.5 Å². The number of rotatable bonds is 5. The third-order valence-corrected chi connectivity index (χ3v) is 2.83. The Labute approximate surface area is 95.3 Å². The molecule has 0 amide bonds. The maximum absolute atomic E-state index is 5.90. The number of ether oxygens (including phenoxy) is 1. The van der Waals surface area contributed by atoms with E-state index in [0.29, 0.717) is 11.7 Å². The van der Waals surface area contributed by atoms with Crippen LogP contribution >= 0.6 is 0 Å². The first kappa shape index (κ1) is 11.5. The number of nitrogens with zero attached hydrogens (tertiary/aromatic N) is 2. The molecule has 2 atom stereocenters. The summed E-state index contributed by atoms with van der Waals surface area (Å²) in [5.74, 6) is 1.27. The summed E-state index contributed by atoms with van der Waals surface area (Å²) >= 11 is 0. The van der Waals surface area contributed by atoms with E-state index in [1.54, 1.807) is 0 Å². The van der Waals surface area contributed by atoms with Crippen LogP contribution < -0.4 is 5.73 Å². The molecule has 2 heterocycles. The number of aromatic nitrogens is 2. The van der Waals surface area contributed by atoms with E-state index >= 15 is 0 Å². The predicted octanol–water partition coefficient (Wildman–Crippen LogP) is 1.59. The van der Waals surface area contributed by atoms with Crippen molar-refractivity contribution in [1.29, 1.82) is 0 Å². The zero-order valence-electron chi connectivity index (χ0n) is 9.69. The third-order valence-electron chi connectivity index (χ3n) is 2.83. The van der Waals surface area contributed by atoms with Gasteiger partial charge in [-0.2, -0.15) is 4.98 Å². The van der Waals surface area contributed by atoms with Crippen LogP contribution in [0, 0.1) is 0 Å². The van der Waals surface area contributed by atoms with Crippen molar-refractivity contribution in [2.24, 2.45) is 5.73 Å². The van der Waals surface area contributed by atoms with Crippen LogP contribution in [-0.2, 0) is 11.2 Å². The van der Waals surface area contributed by atoms with E-state index in [9.17, 15) is 0 Å². The van der Waals surface area contributed by atoms with Gasteiger partial charge in [-0.25, -0.2) is 0 Å². The Bertz CT molecular complexity index is 321. The largest absolute Gasteiger partial charge is 0.378 e. The first-order valence-electron chi connectivity index (χ1n) is 5.99. The summed E-state index contributed by atoms with van der Waals surface area (Å²) in [5.41, 5.74) is 5.90. The SMILES string of the molecule is CCC[C@@H](N)c1nc(CC2CCCO2)no1. The molecule has 0 aliphatic carbocycles. The summed E-state index contributed by atoms with van der Waals surface area (Å²) in [6, 6.07) is -0.129. The van der Waals surface area contributed by atoms with E-state index in [-0.39, 0.29) is 12.1 Å². The van der Waals surface area contributed by atoms with E-state index in [0.717, 1.165) is 38.7 Å². The third kappa shape index (κ3) is 2.80. The second kappa shape index (κ2) is 5.41. The highest BCUT2D eigenvalue weighted by Gasteiger charge is 2.20. The minimum atomic E-state index is -0.129. The Balaban J connectivity index is 1.90. The van der Waals surface area contributed by atoms with Crippen molar-refractivity contribution in [1.82, 2.24) is 10.1 Å². The van der Waals surface area contributed by atoms with Crippen LogP contribution in [0.3, 0.4) is 0 Å². The van der Waals surface area contributed by atoms with Gasteiger partial charge in [0.2, 0.25) is 5.89 Å². The lowest BCUT2D eigenvalue weighted by Crippen LogP contribution is -2.12. The molecular formula is C11H19N3O2. The molecular weight excluding hydrogens is 206 g/mol. The van der Waals surface area contributed by atoms with Crippen LogP contribution in [0.1, 0.15) is 50.4 Å². The van der Waals surface area contributed by atoms with Gasteiger partial charge in [0.25, 0.3) is 0 Å². The van der Waals surface area contributed by atoms with Crippen molar-refractivity contribution in [3.05, 3.63) is 11.7 Å². The fraction of sp³-hybridized carbons (Fsp3) is 0.818. The van der Waals surface area contributed by atoms with E-state index in [1.807, 2.05) is 0 Å². The van der Waals surface area contributed by atoms with Gasteiger partial charge in [-0.15, -0.1) is 0 Å². The summed E-state index contributed by atoms with van der Waals surface area (Å²) in [4.78, 5) is 4.31. The van der Waals surface area contributed by atoms with Gasteiger partial charge in [-0.05, 0) is 19.3 Å². The van der Waals surface area contributed by atoms with Crippen molar-refractivity contribution in [3.63, 3.8) is 0 Å². The zero-order chi connectivity index (χ0) is 11.4. The van der Waals surface area contributed by atoms with Crippen molar-refractivity contribution in [2.45, 2.75) is 51.2 Å². The van der Waals surface area contributed by atoms with E-state index < -0.39 is 0 Å². The molecule has 1 aromatic rings. The highest BCUT2D eigenvalue weighted by atomic mass is 16.5. The molecule has 2 N–H and O–H groups in total. The van der Waals surface area contributed by atoms with Crippen LogP contribution in [0.25, 0.3) is 0 Å². The Morgan fingerprint density at radius 3 is 3.12 bits per heavy atom. The molecule has 0 radical (unpaired) electrons. The predicted molar refractivity (Wildman–Crippen MR) is 58.8 cm³/mol. The Morgan fingerprint density at radius 1 is 1.56 bits per heavy atom. The quantitative estimate of drug-likeness (QED) is 0.823. The first-order valence-corrected chi connectivity index (χ1v) is 5.99. The van der Waals surface area contributed by atoms with Crippen LogP contribution in [0.5, 0.6) is 0 Å². The van der Waals surface area contributed by atoms with E-state index in [2.05, 4.69) is 17.1 Å². The Morgan fingerprint density at radius 2 is 2.44 bits per heavy atom. The molecule has 1 aliphatic rings. The number of hydrogen-bond acceptors (Lipinski definition) is 5. The van der Waals surface area contributed by atoms with E-state index in [1.165, 1.54) is 0 Å². The molecule has 1 aromatic heterocycles. The molecule has 1 saturated heterocycles. The molecule has 1 fully saturated rings. The highest BCUT2D eigenvalue weighted by Crippen LogP contribution is 2.18. The summed E-state index contributed by atoms with van der Waals surface area (Å²) < 4.78 is 10.7. The smallest absolute Gasteiger partial charge is 0.243 e. The average molecular weight is 225 g/mol. The Kier molecular flexibility index (Phi) is 3.90. The van der Waals surface area contributed by atoms with Gasteiger partial charge in [0.15, 0.2) is 5.82 Å². The van der Waals surface area contributed by atoms with Crippen molar-refractivity contribution >= 4 is 0 Å². The molecule has 0 bridgehead atoms. The molecule has 5 nitrogen and oxygen atoms in total. The topological polar surface area (TPSA) is 74.2 Å². The first-order chi connectivity index (χ1) is 7.79. The molecule has 0 spiro atoms. The summed E-state index contributed by atoms with van der Waals surface area (Å²) in [5, 5.41) is 3.94. The second-order valence-electron chi connectivity index (χ2n) is 4.28. The summed E-state index contributed by atoms with van der Waals surface area (Å²) in [6.45, 7) is 2.94. The fourth-order valence-electron chi connectivity index (χ4n) is 1.94. The zero-order valence-corrected chi connectivity index (χ0v) is 9.69. The second-order valence-corrected chi connectivity index (χ2v) is 4.28. The summed E-state index contributed by atoms with van der Waals surface area (Å²) in [7, 11) is 0. The Hall–Kier alpha value is -0.940. The normalized spacial score (nSPS) is 22.5. The molecule has 1 unspecified atom stereocenters. The van der Waals surface area contributed by atoms with Crippen LogP contribution in [0.2, 0.25) is 0 Å². The monoisotopic (exact) mass is 225 g/mol. The van der Waals surface area contributed by atoms with E-state index in [4.69, 9.17) is 15.0 Å². The van der Waals surface area contributed by atoms with Crippen LogP contribution in [0.4, 0.5) is 0 Å². The maximum Gasteiger partial charge on any atom is 0.243 e. The number of hydrogen-bond donors (Lipinski definition) is 1. The van der Waals surface area contributed by atoms with Gasteiger partial charge >= 0.3 is 0 Å². The average Bonchev–Trinajstić information content (AvgIpc) is 2.90. The maximum atomic E-state index is 5.90. The van der Waals surface area contributed by atoms with Crippen LogP contribution in [-0.4, -0.2) is 22.9 Å². The minimum Gasteiger partial charge on any atom is -0.378 e. The number of nitrogens with two attached hydrogens (primary N) is 1. The van der Waals surface area contributed by atoms with Crippen LogP contribution in [0.15, 0.2) is 4.52 Å². The molecule has 2 rings (SSSR count). The molecule has 16 heavy (non-hydrogen) atoms. The lowest BCUT2D eigenvalue weighted by molar-refractivity contribution is 0.109. The van der Waals surface area contributed by atoms with Gasteiger partial charge in [0.05, 0.1) is 12.1 Å².